The van der Waals surface area contributed by atoms with Crippen molar-refractivity contribution in [1.82, 2.24) is 9.97 Å². The summed E-state index contributed by atoms with van der Waals surface area (Å²) in [7, 11) is 0. The fraction of sp³-hybridized carbons (Fsp3) is 0.231. The number of carbonyl (C=O) groups excluding carboxylic acids is 1. The number of fused-ring (bicyclic) bond motifs is 1. The normalized spacial score (nSPS) is 14.1. The standard InChI is InChI=1S/C26H21F3N4O4/c1-15(34)23-24(33-8-10-36-11-9-33)18-7-6-16(12-21(18)37-25(23)35)32-22-13-20(30-14-31-22)17-4-2-3-5-19(17)26(27,28)29/h2-7,12-14H,8-11H2,1H3,(H,30,31,32). The van der Waals surface area contributed by atoms with E-state index in [2.05, 4.69) is 15.3 Å². The minimum Gasteiger partial charge on any atom is -0.422 e. The minimum absolute atomic E-state index is 0.0149. The first-order valence-electron chi connectivity index (χ1n) is 11.4. The summed E-state index contributed by atoms with van der Waals surface area (Å²) >= 11 is 0. The summed E-state index contributed by atoms with van der Waals surface area (Å²) < 4.78 is 51.3. The van der Waals surface area contributed by atoms with Crippen LogP contribution in [-0.4, -0.2) is 42.1 Å². The Morgan fingerprint density at radius 3 is 2.54 bits per heavy atom. The predicted octanol–water partition coefficient (Wildman–Crippen LogP) is 5.05. The molecule has 8 nitrogen and oxygen atoms in total. The van der Waals surface area contributed by atoms with E-state index >= 15 is 0 Å². The highest BCUT2D eigenvalue weighted by atomic mass is 19.4. The molecule has 0 spiro atoms. The van der Waals surface area contributed by atoms with Crippen molar-refractivity contribution in [3.8, 4) is 11.3 Å². The van der Waals surface area contributed by atoms with Crippen LogP contribution in [0.1, 0.15) is 22.8 Å². The van der Waals surface area contributed by atoms with Crippen LogP contribution < -0.4 is 15.8 Å². The molecule has 1 saturated heterocycles. The van der Waals surface area contributed by atoms with Crippen molar-refractivity contribution in [2.24, 2.45) is 0 Å². The van der Waals surface area contributed by atoms with Crippen molar-refractivity contribution in [3.05, 3.63) is 76.4 Å². The Bertz CT molecular complexity index is 1550. The molecule has 0 unspecified atom stereocenters. The molecular weight excluding hydrogens is 489 g/mol. The molecule has 0 aliphatic carbocycles. The number of nitrogens with one attached hydrogen (secondary N) is 1. The third-order valence-electron chi connectivity index (χ3n) is 6.01. The highest BCUT2D eigenvalue weighted by Crippen LogP contribution is 2.37. The van der Waals surface area contributed by atoms with Gasteiger partial charge in [-0.15, -0.1) is 0 Å². The van der Waals surface area contributed by atoms with E-state index in [0.29, 0.717) is 43.1 Å². The quantitative estimate of drug-likeness (QED) is 0.294. The van der Waals surface area contributed by atoms with Gasteiger partial charge in [-0.05, 0) is 25.1 Å². The Kier molecular flexibility index (Phi) is 6.38. The van der Waals surface area contributed by atoms with Crippen LogP contribution in [0, 0.1) is 0 Å². The molecule has 2 aromatic heterocycles. The Morgan fingerprint density at radius 2 is 1.81 bits per heavy atom. The maximum Gasteiger partial charge on any atom is 0.417 e. The van der Waals surface area contributed by atoms with Crippen molar-refractivity contribution >= 4 is 33.9 Å². The number of morpholine rings is 1. The Labute approximate surface area is 208 Å². The molecule has 37 heavy (non-hydrogen) atoms. The second kappa shape index (κ2) is 9.66. The molecule has 1 N–H and O–H groups in total. The first-order chi connectivity index (χ1) is 17.7. The third-order valence-corrected chi connectivity index (χ3v) is 6.01. The lowest BCUT2D eigenvalue weighted by atomic mass is 10.0. The second-order valence-electron chi connectivity index (χ2n) is 8.44. The number of hydrogen-bond acceptors (Lipinski definition) is 8. The minimum atomic E-state index is -4.54. The molecule has 0 atom stereocenters. The van der Waals surface area contributed by atoms with Crippen LogP contribution in [0.15, 0.2) is 64.1 Å². The van der Waals surface area contributed by atoms with Gasteiger partial charge in [0.05, 0.1) is 30.2 Å². The topological polar surface area (TPSA) is 97.6 Å². The van der Waals surface area contributed by atoms with E-state index in [-0.39, 0.29) is 28.2 Å². The average molecular weight is 510 g/mol. The van der Waals surface area contributed by atoms with Crippen LogP contribution in [0.2, 0.25) is 0 Å². The third kappa shape index (κ3) is 4.90. The number of rotatable bonds is 5. The molecule has 11 heteroatoms. The van der Waals surface area contributed by atoms with E-state index in [1.54, 1.807) is 18.2 Å². The molecule has 0 radical (unpaired) electrons. The van der Waals surface area contributed by atoms with Crippen molar-refractivity contribution in [1.29, 1.82) is 0 Å². The van der Waals surface area contributed by atoms with Crippen molar-refractivity contribution in [3.63, 3.8) is 0 Å². The second-order valence-corrected chi connectivity index (χ2v) is 8.44. The molecule has 190 valence electrons. The van der Waals surface area contributed by atoms with Gasteiger partial charge in [0, 0.05) is 41.9 Å². The van der Waals surface area contributed by atoms with E-state index in [4.69, 9.17) is 9.15 Å². The fourth-order valence-corrected chi connectivity index (χ4v) is 4.36. The van der Waals surface area contributed by atoms with Crippen LogP contribution in [0.3, 0.4) is 0 Å². The number of halogens is 3. The van der Waals surface area contributed by atoms with Gasteiger partial charge >= 0.3 is 11.8 Å². The summed E-state index contributed by atoms with van der Waals surface area (Å²) in [5.74, 6) is -0.149. The number of carbonyl (C=O) groups is 1. The van der Waals surface area contributed by atoms with E-state index in [0.717, 1.165) is 6.07 Å². The fourth-order valence-electron chi connectivity index (χ4n) is 4.36. The summed E-state index contributed by atoms with van der Waals surface area (Å²) in [6.45, 7) is 3.28. The number of hydrogen-bond donors (Lipinski definition) is 1. The number of nitrogens with zero attached hydrogens (tertiary/aromatic N) is 3. The first kappa shape index (κ1) is 24.4. The molecule has 0 saturated carbocycles. The van der Waals surface area contributed by atoms with Crippen LogP contribution in [0.4, 0.5) is 30.4 Å². The van der Waals surface area contributed by atoms with Gasteiger partial charge < -0.3 is 19.4 Å². The maximum atomic E-state index is 13.5. The zero-order valence-corrected chi connectivity index (χ0v) is 19.6. The van der Waals surface area contributed by atoms with Gasteiger partial charge in [-0.25, -0.2) is 14.8 Å². The van der Waals surface area contributed by atoms with Crippen molar-refractivity contribution in [2.75, 3.05) is 36.5 Å². The summed E-state index contributed by atoms with van der Waals surface area (Å²) in [5.41, 5.74) is -0.308. The van der Waals surface area contributed by atoms with Gasteiger partial charge in [-0.2, -0.15) is 13.2 Å². The molecule has 1 fully saturated rings. The van der Waals surface area contributed by atoms with Gasteiger partial charge in [-0.1, -0.05) is 18.2 Å². The van der Waals surface area contributed by atoms with Gasteiger partial charge in [0.15, 0.2) is 5.78 Å². The molecule has 0 bridgehead atoms. The highest BCUT2D eigenvalue weighted by molar-refractivity contribution is 6.07. The van der Waals surface area contributed by atoms with Gasteiger partial charge in [0.2, 0.25) is 0 Å². The van der Waals surface area contributed by atoms with Gasteiger partial charge in [0.25, 0.3) is 0 Å². The number of benzene rings is 2. The smallest absolute Gasteiger partial charge is 0.417 e. The summed E-state index contributed by atoms with van der Waals surface area (Å²) in [5, 5.41) is 3.61. The molecule has 4 aromatic rings. The van der Waals surface area contributed by atoms with Crippen LogP contribution in [-0.2, 0) is 10.9 Å². The van der Waals surface area contributed by atoms with E-state index in [9.17, 15) is 22.8 Å². The molecule has 0 amide bonds. The van der Waals surface area contributed by atoms with Gasteiger partial charge in [0.1, 0.15) is 23.3 Å². The van der Waals surface area contributed by atoms with E-state index < -0.39 is 23.1 Å². The van der Waals surface area contributed by atoms with Crippen molar-refractivity contribution < 1.29 is 27.1 Å². The number of anilines is 3. The predicted molar refractivity (Wildman–Crippen MR) is 131 cm³/mol. The molecule has 2 aromatic carbocycles. The molecular formula is C26H21F3N4O4. The number of Topliss-reactive ketones (excluding diaryl/α,β-unsaturated/α-hetero) is 1. The molecule has 3 heterocycles. The van der Waals surface area contributed by atoms with Gasteiger partial charge in [-0.3, -0.25) is 4.79 Å². The first-order valence-corrected chi connectivity index (χ1v) is 11.4. The Hall–Kier alpha value is -4.25. The monoisotopic (exact) mass is 510 g/mol. The van der Waals surface area contributed by atoms with Crippen LogP contribution in [0.25, 0.3) is 22.2 Å². The molecule has 1 aliphatic heterocycles. The Morgan fingerprint density at radius 1 is 1.05 bits per heavy atom. The SMILES string of the molecule is CC(=O)c1c(N2CCOCC2)c2ccc(Nc3cc(-c4ccccc4C(F)(F)F)ncn3)cc2oc1=O. The molecule has 5 rings (SSSR count). The maximum absolute atomic E-state index is 13.5. The zero-order chi connectivity index (χ0) is 26.2. The highest BCUT2D eigenvalue weighted by Gasteiger charge is 2.33. The average Bonchev–Trinajstić information content (AvgIpc) is 2.88. The zero-order valence-electron chi connectivity index (χ0n) is 19.6. The number of alkyl halides is 3. The lowest BCUT2D eigenvalue weighted by Crippen LogP contribution is -2.38. The number of ether oxygens (including phenoxy) is 1. The summed E-state index contributed by atoms with van der Waals surface area (Å²) in [6.07, 6.45) is -3.37. The lowest BCUT2D eigenvalue weighted by molar-refractivity contribution is -0.137. The van der Waals surface area contributed by atoms with Crippen LogP contribution in [0.5, 0.6) is 0 Å². The van der Waals surface area contributed by atoms with E-state index in [1.165, 1.54) is 37.5 Å². The Balaban J connectivity index is 1.53. The van der Waals surface area contributed by atoms with E-state index in [1.807, 2.05) is 4.90 Å². The largest absolute Gasteiger partial charge is 0.422 e. The lowest BCUT2D eigenvalue weighted by Gasteiger charge is -2.30. The number of aromatic nitrogens is 2. The summed E-state index contributed by atoms with van der Waals surface area (Å²) in [6, 6.07) is 11.6. The summed E-state index contributed by atoms with van der Waals surface area (Å²) in [4.78, 5) is 35.1. The van der Waals surface area contributed by atoms with Crippen molar-refractivity contribution in [2.45, 2.75) is 13.1 Å². The molecule has 1 aliphatic rings. The van der Waals surface area contributed by atoms with Crippen LogP contribution >= 0.6 is 0 Å². The number of ketones is 1.